The van der Waals surface area contributed by atoms with E-state index < -0.39 is 28.3 Å². The number of hydrogen-bond acceptors (Lipinski definition) is 5. The molecule has 0 radical (unpaired) electrons. The fourth-order valence-corrected chi connectivity index (χ4v) is 4.56. The minimum Gasteiger partial charge on any atom is -0.493 e. The summed E-state index contributed by atoms with van der Waals surface area (Å²) in [6.45, 7) is 1.52. The minimum atomic E-state index is -4.07. The van der Waals surface area contributed by atoms with Crippen molar-refractivity contribution in [2.24, 2.45) is 0 Å². The number of sulfonamides is 1. The maximum absolute atomic E-state index is 13.4. The third-order valence-electron chi connectivity index (χ3n) is 4.95. The van der Waals surface area contributed by atoms with Gasteiger partial charge in [-0.1, -0.05) is 23.8 Å². The summed E-state index contributed by atoms with van der Waals surface area (Å²) in [5, 5.41) is 2.72. The summed E-state index contributed by atoms with van der Waals surface area (Å²) in [6.07, 6.45) is 0. The normalized spacial score (nSPS) is 11.0. The lowest BCUT2D eigenvalue weighted by molar-refractivity contribution is -0.119. The number of ether oxygens (including phenoxy) is 2. The maximum Gasteiger partial charge on any atom is 0.264 e. The number of methoxy groups -OCH3 is 2. The third-order valence-corrected chi connectivity index (χ3v) is 6.74. The Bertz CT molecular complexity index is 1210. The molecule has 1 amide bonds. The second-order valence-corrected chi connectivity index (χ2v) is 9.13. The molecule has 7 nitrogen and oxygen atoms in total. The summed E-state index contributed by atoms with van der Waals surface area (Å²) < 4.78 is 51.5. The van der Waals surface area contributed by atoms with Crippen LogP contribution in [0.5, 0.6) is 11.5 Å². The monoisotopic (exact) mass is 472 g/mol. The van der Waals surface area contributed by atoms with Gasteiger partial charge in [-0.3, -0.25) is 9.10 Å². The average Bonchev–Trinajstić information content (AvgIpc) is 2.81. The number of carbonyl (C=O) groups is 1. The Labute approximate surface area is 192 Å². The molecule has 33 heavy (non-hydrogen) atoms. The van der Waals surface area contributed by atoms with Gasteiger partial charge in [0.25, 0.3) is 10.0 Å². The highest BCUT2D eigenvalue weighted by Gasteiger charge is 2.27. The Morgan fingerprint density at radius 3 is 2.18 bits per heavy atom. The summed E-state index contributed by atoms with van der Waals surface area (Å²) in [5.74, 6) is 0.0347. The first-order valence-corrected chi connectivity index (χ1v) is 11.5. The van der Waals surface area contributed by atoms with E-state index in [9.17, 15) is 17.6 Å². The second kappa shape index (κ2) is 10.4. The van der Waals surface area contributed by atoms with Crippen LogP contribution < -0.4 is 19.1 Å². The van der Waals surface area contributed by atoms with Crippen LogP contribution in [0.4, 0.5) is 10.1 Å². The van der Waals surface area contributed by atoms with Crippen molar-refractivity contribution in [3.05, 3.63) is 83.7 Å². The van der Waals surface area contributed by atoms with Crippen LogP contribution in [0.15, 0.2) is 71.6 Å². The Kier molecular flexibility index (Phi) is 7.55. The molecule has 0 aliphatic heterocycles. The van der Waals surface area contributed by atoms with Crippen LogP contribution in [-0.2, 0) is 21.4 Å². The van der Waals surface area contributed by atoms with Crippen LogP contribution in [0.25, 0.3) is 0 Å². The highest BCUT2D eigenvalue weighted by Crippen LogP contribution is 2.28. The minimum absolute atomic E-state index is 0.0325. The Morgan fingerprint density at radius 1 is 0.939 bits per heavy atom. The lowest BCUT2D eigenvalue weighted by atomic mass is 10.2. The molecule has 1 N–H and O–H groups in total. The van der Waals surface area contributed by atoms with E-state index in [0.29, 0.717) is 11.5 Å². The Balaban J connectivity index is 1.82. The van der Waals surface area contributed by atoms with Gasteiger partial charge in [-0.2, -0.15) is 0 Å². The van der Waals surface area contributed by atoms with Crippen LogP contribution in [0.1, 0.15) is 11.1 Å². The number of nitrogens with one attached hydrogen (secondary N) is 1. The number of aryl methyl sites for hydroxylation is 1. The zero-order chi connectivity index (χ0) is 24.0. The van der Waals surface area contributed by atoms with Gasteiger partial charge in [0.1, 0.15) is 12.4 Å². The molecule has 0 unspecified atom stereocenters. The molecule has 3 aromatic carbocycles. The maximum atomic E-state index is 13.4. The molecular formula is C24H25FN2O5S. The standard InChI is InChI=1S/C24H25FN2O5S/c1-17-4-11-21(12-5-17)33(29,30)27(20-9-7-19(25)8-10-20)16-24(28)26-15-18-6-13-22(31-2)23(14-18)32-3/h4-14H,15-16H2,1-3H3,(H,26,28). The molecular weight excluding hydrogens is 447 g/mol. The molecule has 3 rings (SSSR count). The second-order valence-electron chi connectivity index (χ2n) is 7.27. The highest BCUT2D eigenvalue weighted by atomic mass is 32.2. The predicted molar refractivity (Wildman–Crippen MR) is 124 cm³/mol. The molecule has 0 aliphatic rings. The predicted octanol–water partition coefficient (Wildman–Crippen LogP) is 3.66. The van der Waals surface area contributed by atoms with Crippen LogP contribution in [0.3, 0.4) is 0 Å². The number of anilines is 1. The van der Waals surface area contributed by atoms with E-state index in [4.69, 9.17) is 9.47 Å². The number of benzene rings is 3. The van der Waals surface area contributed by atoms with Crippen molar-refractivity contribution in [2.75, 3.05) is 25.1 Å². The van der Waals surface area contributed by atoms with Crippen molar-refractivity contribution in [1.29, 1.82) is 0 Å². The fourth-order valence-electron chi connectivity index (χ4n) is 3.14. The molecule has 0 bridgehead atoms. The molecule has 0 heterocycles. The topological polar surface area (TPSA) is 84.9 Å². The van der Waals surface area contributed by atoms with Crippen LogP contribution in [0, 0.1) is 12.7 Å². The van der Waals surface area contributed by atoms with E-state index in [2.05, 4.69) is 5.32 Å². The average molecular weight is 473 g/mol. The van der Waals surface area contributed by atoms with E-state index in [0.717, 1.165) is 27.6 Å². The van der Waals surface area contributed by atoms with Gasteiger partial charge in [-0.25, -0.2) is 12.8 Å². The summed E-state index contributed by atoms with van der Waals surface area (Å²) in [4.78, 5) is 12.8. The first-order chi connectivity index (χ1) is 15.7. The van der Waals surface area contributed by atoms with Gasteiger partial charge in [0.15, 0.2) is 11.5 Å². The molecule has 9 heteroatoms. The summed E-state index contributed by atoms with van der Waals surface area (Å²) in [6, 6.07) is 16.4. The lowest BCUT2D eigenvalue weighted by Crippen LogP contribution is -2.40. The molecule has 0 fully saturated rings. The molecule has 0 aliphatic carbocycles. The molecule has 0 saturated carbocycles. The molecule has 0 atom stereocenters. The van der Waals surface area contributed by atoms with Crippen LogP contribution in [-0.4, -0.2) is 35.1 Å². The van der Waals surface area contributed by atoms with Crippen molar-refractivity contribution in [3.8, 4) is 11.5 Å². The van der Waals surface area contributed by atoms with Crippen molar-refractivity contribution < 1.29 is 27.1 Å². The summed E-state index contributed by atoms with van der Waals surface area (Å²) in [7, 11) is -1.03. The number of halogens is 1. The largest absolute Gasteiger partial charge is 0.493 e. The van der Waals surface area contributed by atoms with Crippen LogP contribution >= 0.6 is 0 Å². The quantitative estimate of drug-likeness (QED) is 0.514. The van der Waals surface area contributed by atoms with Crippen molar-refractivity contribution in [3.63, 3.8) is 0 Å². The summed E-state index contributed by atoms with van der Waals surface area (Å²) >= 11 is 0. The first kappa shape index (κ1) is 24.1. The number of hydrogen-bond donors (Lipinski definition) is 1. The number of rotatable bonds is 9. The van der Waals surface area contributed by atoms with Crippen molar-refractivity contribution >= 4 is 21.6 Å². The van der Waals surface area contributed by atoms with Gasteiger partial charge in [0.2, 0.25) is 5.91 Å². The van der Waals surface area contributed by atoms with Gasteiger partial charge < -0.3 is 14.8 Å². The molecule has 0 saturated heterocycles. The van der Waals surface area contributed by atoms with Gasteiger partial charge >= 0.3 is 0 Å². The molecule has 0 aromatic heterocycles. The first-order valence-electron chi connectivity index (χ1n) is 10.1. The van der Waals surface area contributed by atoms with E-state index in [1.807, 2.05) is 6.92 Å². The van der Waals surface area contributed by atoms with Gasteiger partial charge in [0, 0.05) is 6.54 Å². The zero-order valence-electron chi connectivity index (χ0n) is 18.5. The zero-order valence-corrected chi connectivity index (χ0v) is 19.4. The highest BCUT2D eigenvalue weighted by molar-refractivity contribution is 7.92. The fraction of sp³-hybridized carbons (Fsp3) is 0.208. The van der Waals surface area contributed by atoms with Crippen molar-refractivity contribution in [1.82, 2.24) is 5.32 Å². The Morgan fingerprint density at radius 2 is 1.58 bits per heavy atom. The third kappa shape index (κ3) is 5.81. The SMILES string of the molecule is COc1ccc(CNC(=O)CN(c2ccc(F)cc2)S(=O)(=O)c2ccc(C)cc2)cc1OC. The van der Waals surface area contributed by atoms with E-state index in [1.54, 1.807) is 30.3 Å². The van der Waals surface area contributed by atoms with Gasteiger partial charge in [0.05, 0.1) is 24.8 Å². The van der Waals surface area contributed by atoms with E-state index >= 15 is 0 Å². The smallest absolute Gasteiger partial charge is 0.264 e. The molecule has 174 valence electrons. The van der Waals surface area contributed by atoms with Crippen molar-refractivity contribution in [2.45, 2.75) is 18.4 Å². The summed E-state index contributed by atoms with van der Waals surface area (Å²) in [5.41, 5.74) is 1.82. The van der Waals surface area contributed by atoms with E-state index in [1.165, 1.54) is 38.5 Å². The molecule has 0 spiro atoms. The van der Waals surface area contributed by atoms with Gasteiger partial charge in [-0.05, 0) is 61.0 Å². The Hall–Kier alpha value is -3.59. The molecule has 3 aromatic rings. The van der Waals surface area contributed by atoms with E-state index in [-0.39, 0.29) is 17.1 Å². The number of amides is 1. The van der Waals surface area contributed by atoms with Gasteiger partial charge in [-0.15, -0.1) is 0 Å². The lowest BCUT2D eigenvalue weighted by Gasteiger charge is -2.24. The van der Waals surface area contributed by atoms with Crippen LogP contribution in [0.2, 0.25) is 0 Å². The number of nitrogens with zero attached hydrogens (tertiary/aromatic N) is 1. The number of carbonyl (C=O) groups excluding carboxylic acids is 1.